The Balaban J connectivity index is 1.96. The lowest BCUT2D eigenvalue weighted by Gasteiger charge is -2.10. The van der Waals surface area contributed by atoms with Crippen molar-refractivity contribution in [3.05, 3.63) is 65.9 Å². The average molecular weight is 303 g/mol. The summed E-state index contributed by atoms with van der Waals surface area (Å²) in [5, 5.41) is 1.21. The molecule has 1 aromatic heterocycles. The minimum Gasteiger partial charge on any atom is -0.253 e. The van der Waals surface area contributed by atoms with Gasteiger partial charge in [-0.25, -0.2) is 0 Å². The molecule has 1 atom stereocenters. The van der Waals surface area contributed by atoms with E-state index in [2.05, 4.69) is 82.3 Å². The van der Waals surface area contributed by atoms with Gasteiger partial charge in [0.05, 0.1) is 5.52 Å². The molecule has 118 valence electrons. The van der Waals surface area contributed by atoms with Gasteiger partial charge in [-0.1, -0.05) is 64.1 Å². The van der Waals surface area contributed by atoms with Crippen LogP contribution >= 0.6 is 0 Å². The van der Waals surface area contributed by atoms with Crippen LogP contribution in [0.5, 0.6) is 0 Å². The number of hydrogen-bond donors (Lipinski definition) is 0. The fraction of sp³-hybridized carbons (Fsp3) is 0.318. The molecule has 0 aliphatic carbocycles. The van der Waals surface area contributed by atoms with Gasteiger partial charge in [0.15, 0.2) is 0 Å². The summed E-state index contributed by atoms with van der Waals surface area (Å²) in [6, 6.07) is 19.8. The van der Waals surface area contributed by atoms with E-state index in [4.69, 9.17) is 4.98 Å². The summed E-state index contributed by atoms with van der Waals surface area (Å²) in [5.74, 6) is 1.09. The fourth-order valence-corrected chi connectivity index (χ4v) is 2.86. The lowest BCUT2D eigenvalue weighted by Crippen LogP contribution is -1.95. The monoisotopic (exact) mass is 303 g/mol. The number of pyridine rings is 1. The molecule has 2 aromatic carbocycles. The predicted molar refractivity (Wildman–Crippen MR) is 100.0 cm³/mol. The van der Waals surface area contributed by atoms with Gasteiger partial charge in [0, 0.05) is 11.1 Å². The Morgan fingerprint density at radius 2 is 1.52 bits per heavy atom. The molecule has 0 aliphatic heterocycles. The second-order valence-electron chi connectivity index (χ2n) is 6.73. The van der Waals surface area contributed by atoms with Gasteiger partial charge in [0.2, 0.25) is 0 Å². The predicted octanol–water partition coefficient (Wildman–Crippen LogP) is 6.54. The van der Waals surface area contributed by atoms with Crippen LogP contribution in [0.1, 0.15) is 57.2 Å². The molecule has 0 aliphatic rings. The minimum absolute atomic E-state index is 0.516. The quantitative estimate of drug-likeness (QED) is 0.533. The molecule has 1 heteroatoms. The Bertz CT molecular complexity index is 800. The summed E-state index contributed by atoms with van der Waals surface area (Å²) in [5.41, 5.74) is 6.18. The van der Waals surface area contributed by atoms with Crippen LogP contribution in [0, 0.1) is 0 Å². The van der Waals surface area contributed by atoms with Crippen molar-refractivity contribution in [2.75, 3.05) is 0 Å². The Kier molecular flexibility index (Phi) is 4.47. The van der Waals surface area contributed by atoms with Crippen molar-refractivity contribution in [3.63, 3.8) is 0 Å². The van der Waals surface area contributed by atoms with Gasteiger partial charge in [-0.05, 0) is 53.1 Å². The highest BCUT2D eigenvalue weighted by atomic mass is 14.7. The topological polar surface area (TPSA) is 12.9 Å². The normalized spacial score (nSPS) is 12.7. The van der Waals surface area contributed by atoms with E-state index in [9.17, 15) is 0 Å². The first-order chi connectivity index (χ1) is 11.1. The molecule has 0 amide bonds. The van der Waals surface area contributed by atoms with Gasteiger partial charge in [-0.2, -0.15) is 0 Å². The third-order valence-corrected chi connectivity index (χ3v) is 4.74. The van der Waals surface area contributed by atoms with Gasteiger partial charge in [0.25, 0.3) is 0 Å². The van der Waals surface area contributed by atoms with Crippen molar-refractivity contribution < 1.29 is 0 Å². The van der Waals surface area contributed by atoms with E-state index >= 15 is 0 Å². The number of nitrogens with zero attached hydrogens (tertiary/aromatic N) is 1. The van der Waals surface area contributed by atoms with Crippen LogP contribution in [0.25, 0.3) is 22.0 Å². The summed E-state index contributed by atoms with van der Waals surface area (Å²) < 4.78 is 0. The zero-order valence-electron chi connectivity index (χ0n) is 14.5. The van der Waals surface area contributed by atoms with E-state index in [1.165, 1.54) is 27.8 Å². The average Bonchev–Trinajstić information content (AvgIpc) is 2.60. The molecule has 3 aromatic rings. The number of hydrogen-bond acceptors (Lipinski definition) is 1. The maximum absolute atomic E-state index is 4.82. The first-order valence-electron chi connectivity index (χ1n) is 8.59. The summed E-state index contributed by atoms with van der Waals surface area (Å²) in [4.78, 5) is 4.82. The molecule has 0 spiro atoms. The van der Waals surface area contributed by atoms with Crippen molar-refractivity contribution in [2.24, 2.45) is 0 Å². The minimum atomic E-state index is 0.516. The molecule has 1 nitrogen and oxygen atoms in total. The van der Waals surface area contributed by atoms with Gasteiger partial charge < -0.3 is 0 Å². The zero-order valence-corrected chi connectivity index (χ0v) is 14.5. The van der Waals surface area contributed by atoms with E-state index in [0.717, 1.165) is 11.9 Å². The van der Waals surface area contributed by atoms with Gasteiger partial charge in [-0.15, -0.1) is 0 Å². The lowest BCUT2D eigenvalue weighted by molar-refractivity contribution is 0.712. The van der Waals surface area contributed by atoms with Crippen molar-refractivity contribution in [3.8, 4) is 11.1 Å². The van der Waals surface area contributed by atoms with Crippen molar-refractivity contribution in [2.45, 2.75) is 46.0 Å². The van der Waals surface area contributed by atoms with Crippen LogP contribution in [0.4, 0.5) is 0 Å². The van der Waals surface area contributed by atoms with Gasteiger partial charge in [-0.3, -0.25) is 4.98 Å². The van der Waals surface area contributed by atoms with E-state index in [1.54, 1.807) is 0 Å². The van der Waals surface area contributed by atoms with E-state index in [0.29, 0.717) is 11.8 Å². The molecular formula is C22H25N. The highest BCUT2D eigenvalue weighted by molar-refractivity contribution is 5.84. The van der Waals surface area contributed by atoms with E-state index < -0.39 is 0 Å². The molecule has 0 N–H and O–H groups in total. The Hall–Kier alpha value is -2.15. The molecule has 0 saturated carbocycles. The van der Waals surface area contributed by atoms with E-state index in [-0.39, 0.29) is 0 Å². The molecular weight excluding hydrogens is 278 g/mol. The van der Waals surface area contributed by atoms with Crippen molar-refractivity contribution >= 4 is 10.9 Å². The lowest BCUT2D eigenvalue weighted by atomic mass is 9.97. The molecule has 0 saturated heterocycles. The second kappa shape index (κ2) is 6.54. The van der Waals surface area contributed by atoms with Crippen molar-refractivity contribution in [1.82, 2.24) is 4.98 Å². The third-order valence-electron chi connectivity index (χ3n) is 4.74. The number of benzene rings is 2. The Morgan fingerprint density at radius 3 is 2.17 bits per heavy atom. The summed E-state index contributed by atoms with van der Waals surface area (Å²) >= 11 is 0. The first kappa shape index (κ1) is 15.7. The first-order valence-corrected chi connectivity index (χ1v) is 8.59. The number of aromatic nitrogens is 1. The summed E-state index contributed by atoms with van der Waals surface area (Å²) in [6.07, 6.45) is 1.12. The molecule has 0 radical (unpaired) electrons. The Labute approximate surface area is 139 Å². The molecule has 0 bridgehead atoms. The SMILES string of the molecule is CCC(C)c1ccc2cc(-c3ccc(C(C)C)cc3)ccc2n1. The molecule has 1 unspecified atom stereocenters. The van der Waals surface area contributed by atoms with Gasteiger partial charge >= 0.3 is 0 Å². The molecule has 3 rings (SSSR count). The third kappa shape index (κ3) is 3.29. The Morgan fingerprint density at radius 1 is 0.826 bits per heavy atom. The zero-order chi connectivity index (χ0) is 16.4. The van der Waals surface area contributed by atoms with Crippen LogP contribution in [0.2, 0.25) is 0 Å². The largest absolute Gasteiger partial charge is 0.253 e. The second-order valence-corrected chi connectivity index (χ2v) is 6.73. The highest BCUT2D eigenvalue weighted by Gasteiger charge is 2.07. The maximum atomic E-state index is 4.82. The summed E-state index contributed by atoms with van der Waals surface area (Å²) in [7, 11) is 0. The molecule has 1 heterocycles. The van der Waals surface area contributed by atoms with E-state index in [1.807, 2.05) is 0 Å². The van der Waals surface area contributed by atoms with Crippen LogP contribution in [0.15, 0.2) is 54.6 Å². The van der Waals surface area contributed by atoms with Crippen LogP contribution in [-0.2, 0) is 0 Å². The van der Waals surface area contributed by atoms with Crippen LogP contribution in [-0.4, -0.2) is 4.98 Å². The molecule has 0 fully saturated rings. The summed E-state index contributed by atoms with van der Waals surface area (Å²) in [6.45, 7) is 8.90. The van der Waals surface area contributed by atoms with Crippen molar-refractivity contribution in [1.29, 1.82) is 0 Å². The highest BCUT2D eigenvalue weighted by Crippen LogP contribution is 2.27. The molecule has 23 heavy (non-hydrogen) atoms. The maximum Gasteiger partial charge on any atom is 0.0705 e. The fourth-order valence-electron chi connectivity index (χ4n) is 2.86. The van der Waals surface area contributed by atoms with Crippen LogP contribution < -0.4 is 0 Å². The standard InChI is InChI=1S/C22H25N/c1-5-16(4)21-12-11-20-14-19(10-13-22(20)23-21)18-8-6-17(7-9-18)15(2)3/h6-16H,5H2,1-4H3. The number of fused-ring (bicyclic) bond motifs is 1. The van der Waals surface area contributed by atoms with Crippen LogP contribution in [0.3, 0.4) is 0 Å². The smallest absolute Gasteiger partial charge is 0.0705 e. The van der Waals surface area contributed by atoms with Gasteiger partial charge in [0.1, 0.15) is 0 Å². The number of rotatable bonds is 4.